The Labute approximate surface area is 85.2 Å². The number of hydrogen-bond acceptors (Lipinski definition) is 5. The summed E-state index contributed by atoms with van der Waals surface area (Å²) in [5, 5.41) is 21.6. The van der Waals surface area contributed by atoms with E-state index in [1.54, 1.807) is 24.3 Å². The van der Waals surface area contributed by atoms with Gasteiger partial charge >= 0.3 is 0 Å². The maximum Gasteiger partial charge on any atom is 0.160 e. The molecule has 0 saturated heterocycles. The molecule has 5 heteroatoms. The van der Waals surface area contributed by atoms with Crippen LogP contribution in [0.5, 0.6) is 0 Å². The highest BCUT2D eigenvalue weighted by Gasteiger charge is 2.22. The molecule has 0 aliphatic heterocycles. The van der Waals surface area contributed by atoms with E-state index in [1.807, 2.05) is 0 Å². The van der Waals surface area contributed by atoms with Crippen molar-refractivity contribution in [2.45, 2.75) is 6.10 Å². The monoisotopic (exact) mass is 207 g/mol. The summed E-state index contributed by atoms with van der Waals surface area (Å²) >= 11 is 0. The van der Waals surface area contributed by atoms with Crippen LogP contribution in [0, 0.1) is 0 Å². The Bertz CT molecular complexity index is 430. The van der Waals surface area contributed by atoms with Gasteiger partial charge in [-0.1, -0.05) is 5.16 Å². The third-order valence-electron chi connectivity index (χ3n) is 1.95. The molecule has 0 aromatic carbocycles. The molecule has 0 bridgehead atoms. The summed E-state index contributed by atoms with van der Waals surface area (Å²) < 4.78 is 10.0. The minimum Gasteiger partial charge on any atom is -0.466 e. The summed E-state index contributed by atoms with van der Waals surface area (Å²) in [7, 11) is 0. The Morgan fingerprint density at radius 2 is 1.93 bits per heavy atom. The second kappa shape index (κ2) is 4.02. The molecule has 0 aliphatic carbocycles. The van der Waals surface area contributed by atoms with Crippen molar-refractivity contribution in [2.75, 3.05) is 0 Å². The first-order valence-corrected chi connectivity index (χ1v) is 4.30. The molecule has 0 unspecified atom stereocenters. The van der Waals surface area contributed by atoms with Gasteiger partial charge in [0.05, 0.1) is 12.5 Å². The van der Waals surface area contributed by atoms with Crippen molar-refractivity contribution < 1.29 is 19.1 Å². The average Bonchev–Trinajstić information content (AvgIpc) is 2.91. The molecule has 5 nitrogen and oxygen atoms in total. The topological polar surface area (TPSA) is 79.1 Å². The lowest BCUT2D eigenvalue weighted by atomic mass is 10.1. The fraction of sp³-hybridized carbons (Fsp3) is 0.100. The molecular weight excluding hydrogens is 198 g/mol. The largest absolute Gasteiger partial charge is 0.466 e. The molecule has 0 amide bonds. The maximum absolute atomic E-state index is 9.80. The lowest BCUT2D eigenvalue weighted by Crippen LogP contribution is -2.12. The van der Waals surface area contributed by atoms with Crippen molar-refractivity contribution in [3.05, 3.63) is 48.3 Å². The van der Waals surface area contributed by atoms with Gasteiger partial charge in [-0.2, -0.15) is 0 Å². The molecule has 2 aromatic heterocycles. The quantitative estimate of drug-likeness (QED) is 0.456. The fourth-order valence-corrected chi connectivity index (χ4v) is 1.24. The van der Waals surface area contributed by atoms with E-state index in [2.05, 4.69) is 5.16 Å². The highest BCUT2D eigenvalue weighted by Crippen LogP contribution is 2.19. The second-order valence-electron chi connectivity index (χ2n) is 2.88. The Hall–Kier alpha value is -2.01. The van der Waals surface area contributed by atoms with E-state index in [0.717, 1.165) is 0 Å². The Morgan fingerprint density at radius 3 is 2.47 bits per heavy atom. The molecule has 15 heavy (non-hydrogen) atoms. The van der Waals surface area contributed by atoms with Crippen LogP contribution in [0.25, 0.3) is 0 Å². The number of hydrogen-bond donors (Lipinski definition) is 2. The molecule has 78 valence electrons. The van der Waals surface area contributed by atoms with E-state index in [9.17, 15) is 5.11 Å². The highest BCUT2D eigenvalue weighted by atomic mass is 16.4. The van der Waals surface area contributed by atoms with Crippen molar-refractivity contribution in [1.29, 1.82) is 0 Å². The molecular formula is C10H9NO4. The molecule has 0 radical (unpaired) electrons. The van der Waals surface area contributed by atoms with Crippen molar-refractivity contribution in [3.63, 3.8) is 0 Å². The number of aliphatic hydroxyl groups is 1. The standard InChI is InChI=1S/C10H9NO4/c12-10(8-4-2-6-15-8)9(11-13)7-3-1-5-14-7/h1-6,10,12-13H/b11-9-/t10-/m1/s1. The molecule has 0 spiro atoms. The number of nitrogens with zero attached hydrogens (tertiary/aromatic N) is 1. The molecule has 0 fully saturated rings. The highest BCUT2D eigenvalue weighted by molar-refractivity contribution is 6.01. The smallest absolute Gasteiger partial charge is 0.160 e. The number of furan rings is 2. The average molecular weight is 207 g/mol. The first kappa shape index (κ1) is 9.54. The molecule has 2 aromatic rings. The molecule has 2 rings (SSSR count). The number of aliphatic hydroxyl groups excluding tert-OH is 1. The van der Waals surface area contributed by atoms with Gasteiger partial charge in [0.25, 0.3) is 0 Å². The van der Waals surface area contributed by atoms with Gasteiger partial charge in [0, 0.05) is 0 Å². The van der Waals surface area contributed by atoms with E-state index < -0.39 is 6.10 Å². The summed E-state index contributed by atoms with van der Waals surface area (Å²) in [6.07, 6.45) is 1.71. The Kier molecular flexibility index (Phi) is 2.55. The summed E-state index contributed by atoms with van der Waals surface area (Å²) in [6.45, 7) is 0. The zero-order chi connectivity index (χ0) is 10.7. The zero-order valence-electron chi connectivity index (χ0n) is 7.70. The van der Waals surface area contributed by atoms with Crippen molar-refractivity contribution in [3.8, 4) is 0 Å². The van der Waals surface area contributed by atoms with E-state index >= 15 is 0 Å². The minimum atomic E-state index is -1.14. The van der Waals surface area contributed by atoms with Crippen LogP contribution in [0.15, 0.2) is 50.8 Å². The minimum absolute atomic E-state index is 0.00921. The Morgan fingerprint density at radius 1 is 1.20 bits per heavy atom. The third-order valence-corrected chi connectivity index (χ3v) is 1.95. The van der Waals surface area contributed by atoms with Gasteiger partial charge in [0.15, 0.2) is 17.6 Å². The van der Waals surface area contributed by atoms with Crippen LogP contribution in [-0.2, 0) is 0 Å². The first-order chi connectivity index (χ1) is 7.33. The van der Waals surface area contributed by atoms with E-state index in [4.69, 9.17) is 14.0 Å². The maximum atomic E-state index is 9.80. The van der Waals surface area contributed by atoms with Crippen molar-refractivity contribution in [1.82, 2.24) is 0 Å². The number of oxime groups is 1. The van der Waals surface area contributed by atoms with E-state index in [0.29, 0.717) is 11.5 Å². The first-order valence-electron chi connectivity index (χ1n) is 4.30. The van der Waals surface area contributed by atoms with Gasteiger partial charge in [-0.05, 0) is 24.3 Å². The summed E-state index contributed by atoms with van der Waals surface area (Å²) in [5.41, 5.74) is 0.00921. The molecule has 0 aliphatic rings. The Balaban J connectivity index is 2.30. The van der Waals surface area contributed by atoms with E-state index in [-0.39, 0.29) is 5.71 Å². The normalized spacial score (nSPS) is 14.1. The molecule has 2 N–H and O–H groups in total. The second-order valence-corrected chi connectivity index (χ2v) is 2.88. The fourth-order valence-electron chi connectivity index (χ4n) is 1.24. The lowest BCUT2D eigenvalue weighted by molar-refractivity contribution is 0.205. The summed E-state index contributed by atoms with van der Waals surface area (Å²) in [6, 6.07) is 6.44. The van der Waals surface area contributed by atoms with Gasteiger partial charge in [0.1, 0.15) is 5.76 Å². The predicted octanol–water partition coefficient (Wildman–Crippen LogP) is 1.78. The molecule has 1 atom stereocenters. The summed E-state index contributed by atoms with van der Waals surface area (Å²) in [5.74, 6) is 0.584. The van der Waals surface area contributed by atoms with Crippen LogP contribution in [0.3, 0.4) is 0 Å². The molecule has 0 saturated carbocycles. The van der Waals surface area contributed by atoms with Gasteiger partial charge < -0.3 is 19.1 Å². The summed E-state index contributed by atoms with van der Waals surface area (Å²) in [4.78, 5) is 0. The lowest BCUT2D eigenvalue weighted by Gasteiger charge is -2.06. The van der Waals surface area contributed by atoms with Gasteiger partial charge in [-0.3, -0.25) is 0 Å². The predicted molar refractivity (Wildman–Crippen MR) is 50.7 cm³/mol. The van der Waals surface area contributed by atoms with Gasteiger partial charge in [0.2, 0.25) is 0 Å². The van der Waals surface area contributed by atoms with Crippen molar-refractivity contribution in [2.24, 2.45) is 5.16 Å². The van der Waals surface area contributed by atoms with E-state index in [1.165, 1.54) is 12.5 Å². The van der Waals surface area contributed by atoms with Crippen LogP contribution >= 0.6 is 0 Å². The third kappa shape index (κ3) is 1.77. The molecule has 2 heterocycles. The number of rotatable bonds is 3. The van der Waals surface area contributed by atoms with Crippen LogP contribution in [0.2, 0.25) is 0 Å². The van der Waals surface area contributed by atoms with Gasteiger partial charge in [-0.15, -0.1) is 0 Å². The van der Waals surface area contributed by atoms with Crippen LogP contribution in [0.4, 0.5) is 0 Å². The van der Waals surface area contributed by atoms with Crippen molar-refractivity contribution >= 4 is 5.71 Å². The van der Waals surface area contributed by atoms with Crippen LogP contribution in [0.1, 0.15) is 17.6 Å². The SMILES string of the molecule is O/N=C(/c1ccco1)[C@H](O)c1ccco1. The van der Waals surface area contributed by atoms with Crippen LogP contribution in [-0.4, -0.2) is 16.0 Å². The van der Waals surface area contributed by atoms with Gasteiger partial charge in [-0.25, -0.2) is 0 Å². The zero-order valence-corrected chi connectivity index (χ0v) is 7.70. The van der Waals surface area contributed by atoms with Crippen LogP contribution < -0.4 is 0 Å².